The number of hydrogen-bond acceptors (Lipinski definition) is 0. The maximum Gasteiger partial charge on any atom is 0.165 e. The summed E-state index contributed by atoms with van der Waals surface area (Å²) < 4.78 is 52.0. The van der Waals surface area contributed by atoms with Crippen molar-refractivity contribution >= 4 is 0 Å². The first-order valence-electron chi connectivity index (χ1n) is 5.05. The summed E-state index contributed by atoms with van der Waals surface area (Å²) in [4.78, 5) is 0. The molecule has 2 aromatic carbocycles. The molecule has 2 rings (SSSR count). The molecule has 93 valence electrons. The molecule has 0 heterocycles. The highest BCUT2D eigenvalue weighted by atomic mass is 19.2. The van der Waals surface area contributed by atoms with Crippen LogP contribution < -0.4 is 0 Å². The smallest absolute Gasteiger partial charge is 0.165 e. The SMILES string of the molecule is [O]C(c1ccc(F)c(F)c1)c1cccc(F)c1F. The highest BCUT2D eigenvalue weighted by Crippen LogP contribution is 2.27. The molecule has 0 aliphatic rings. The van der Waals surface area contributed by atoms with E-state index in [4.69, 9.17) is 0 Å². The molecule has 1 unspecified atom stereocenters. The normalized spacial score (nSPS) is 12.5. The summed E-state index contributed by atoms with van der Waals surface area (Å²) in [6, 6.07) is 5.65. The first-order valence-corrected chi connectivity index (χ1v) is 5.05. The molecular weight excluding hydrogens is 248 g/mol. The summed E-state index contributed by atoms with van der Waals surface area (Å²) in [5, 5.41) is 11.9. The second-order valence-electron chi connectivity index (χ2n) is 3.70. The van der Waals surface area contributed by atoms with Crippen LogP contribution in [0.15, 0.2) is 36.4 Å². The third-order valence-corrected chi connectivity index (χ3v) is 2.51. The van der Waals surface area contributed by atoms with Gasteiger partial charge in [0.2, 0.25) is 0 Å². The first kappa shape index (κ1) is 12.6. The summed E-state index contributed by atoms with van der Waals surface area (Å²) >= 11 is 0. The summed E-state index contributed by atoms with van der Waals surface area (Å²) in [6.45, 7) is 0. The molecule has 0 aliphatic heterocycles. The van der Waals surface area contributed by atoms with Gasteiger partial charge in [-0.3, -0.25) is 0 Å². The Balaban J connectivity index is 2.44. The summed E-state index contributed by atoms with van der Waals surface area (Å²) in [5.74, 6) is -4.74. The van der Waals surface area contributed by atoms with Gasteiger partial charge in [0, 0.05) is 5.56 Å². The maximum atomic E-state index is 13.4. The van der Waals surface area contributed by atoms with Gasteiger partial charge in [-0.15, -0.1) is 0 Å². The lowest BCUT2D eigenvalue weighted by Crippen LogP contribution is -2.03. The third-order valence-electron chi connectivity index (χ3n) is 2.51. The van der Waals surface area contributed by atoms with E-state index in [1.165, 1.54) is 6.07 Å². The van der Waals surface area contributed by atoms with Crippen molar-refractivity contribution in [1.82, 2.24) is 0 Å². The van der Waals surface area contributed by atoms with Gasteiger partial charge in [-0.05, 0) is 23.8 Å². The number of halogens is 4. The zero-order valence-corrected chi connectivity index (χ0v) is 8.96. The molecular formula is C13H7F4O. The molecule has 0 fully saturated rings. The quantitative estimate of drug-likeness (QED) is 0.728. The molecule has 5 heteroatoms. The van der Waals surface area contributed by atoms with E-state index < -0.39 is 34.9 Å². The summed E-state index contributed by atoms with van der Waals surface area (Å²) in [7, 11) is 0. The molecule has 0 saturated carbocycles. The molecule has 0 aliphatic carbocycles. The van der Waals surface area contributed by atoms with Crippen LogP contribution in [0.2, 0.25) is 0 Å². The average Bonchev–Trinajstić information content (AvgIpc) is 2.35. The van der Waals surface area contributed by atoms with Crippen LogP contribution in [0.1, 0.15) is 17.2 Å². The van der Waals surface area contributed by atoms with Gasteiger partial charge in [0.05, 0.1) is 0 Å². The van der Waals surface area contributed by atoms with Crippen molar-refractivity contribution < 1.29 is 22.7 Å². The molecule has 0 bridgehead atoms. The van der Waals surface area contributed by atoms with Crippen LogP contribution in [0.25, 0.3) is 0 Å². The fourth-order valence-corrected chi connectivity index (χ4v) is 1.58. The number of rotatable bonds is 2. The molecule has 2 aromatic rings. The fourth-order valence-electron chi connectivity index (χ4n) is 1.58. The van der Waals surface area contributed by atoms with Gasteiger partial charge < -0.3 is 0 Å². The van der Waals surface area contributed by atoms with E-state index in [9.17, 15) is 22.7 Å². The van der Waals surface area contributed by atoms with Gasteiger partial charge in [0.1, 0.15) is 6.10 Å². The van der Waals surface area contributed by atoms with Gasteiger partial charge in [-0.2, -0.15) is 0 Å². The lowest BCUT2D eigenvalue weighted by atomic mass is 10.0. The second kappa shape index (κ2) is 4.78. The van der Waals surface area contributed by atoms with Crippen LogP contribution in [0.5, 0.6) is 0 Å². The van der Waals surface area contributed by atoms with Gasteiger partial charge >= 0.3 is 0 Å². The Morgan fingerprint density at radius 3 is 2.22 bits per heavy atom. The monoisotopic (exact) mass is 255 g/mol. The van der Waals surface area contributed by atoms with Crippen LogP contribution in [-0.2, 0) is 5.11 Å². The summed E-state index contributed by atoms with van der Waals surface area (Å²) in [6.07, 6.45) is -1.81. The van der Waals surface area contributed by atoms with Crippen molar-refractivity contribution in [3.8, 4) is 0 Å². The van der Waals surface area contributed by atoms with Crippen LogP contribution in [0, 0.1) is 23.3 Å². The lowest BCUT2D eigenvalue weighted by Gasteiger charge is -2.10. The lowest BCUT2D eigenvalue weighted by molar-refractivity contribution is 0.120. The van der Waals surface area contributed by atoms with E-state index in [0.29, 0.717) is 6.07 Å². The minimum atomic E-state index is -1.81. The number of benzene rings is 2. The van der Waals surface area contributed by atoms with Crippen molar-refractivity contribution in [2.45, 2.75) is 6.10 Å². The minimum absolute atomic E-state index is 0.168. The van der Waals surface area contributed by atoms with Crippen LogP contribution >= 0.6 is 0 Å². The second-order valence-corrected chi connectivity index (χ2v) is 3.70. The molecule has 1 atom stereocenters. The fraction of sp³-hybridized carbons (Fsp3) is 0.0769. The Morgan fingerprint density at radius 1 is 0.833 bits per heavy atom. The van der Waals surface area contributed by atoms with Gasteiger partial charge in [-0.1, -0.05) is 18.2 Å². The van der Waals surface area contributed by atoms with E-state index in [-0.39, 0.29) is 5.56 Å². The van der Waals surface area contributed by atoms with Crippen LogP contribution in [0.4, 0.5) is 17.6 Å². The molecule has 0 spiro atoms. The molecule has 0 N–H and O–H groups in total. The van der Waals surface area contributed by atoms with Crippen molar-refractivity contribution in [3.05, 3.63) is 70.8 Å². The van der Waals surface area contributed by atoms with Crippen LogP contribution in [0.3, 0.4) is 0 Å². The standard InChI is InChI=1S/C13H7F4O/c14-9-5-4-7(6-11(9)16)13(18)8-2-1-3-10(15)12(8)17/h1-6,13H. The Kier molecular flexibility index (Phi) is 3.34. The highest BCUT2D eigenvalue weighted by molar-refractivity contribution is 5.31. The maximum absolute atomic E-state index is 13.4. The molecule has 0 aromatic heterocycles. The van der Waals surface area contributed by atoms with Gasteiger partial charge in [0.25, 0.3) is 0 Å². The largest absolute Gasteiger partial charge is 0.223 e. The minimum Gasteiger partial charge on any atom is -0.223 e. The Hall–Kier alpha value is -1.88. The Labute approximate surface area is 100 Å². The zero-order chi connectivity index (χ0) is 13.3. The van der Waals surface area contributed by atoms with E-state index in [2.05, 4.69) is 0 Å². The van der Waals surface area contributed by atoms with Crippen molar-refractivity contribution in [2.75, 3.05) is 0 Å². The molecule has 0 amide bonds. The third kappa shape index (κ3) is 2.22. The van der Waals surface area contributed by atoms with Crippen molar-refractivity contribution in [3.63, 3.8) is 0 Å². The van der Waals surface area contributed by atoms with Gasteiger partial charge in [-0.25, -0.2) is 22.7 Å². The highest BCUT2D eigenvalue weighted by Gasteiger charge is 2.20. The topological polar surface area (TPSA) is 19.9 Å². The van der Waals surface area contributed by atoms with Crippen molar-refractivity contribution in [2.24, 2.45) is 0 Å². The van der Waals surface area contributed by atoms with E-state index in [1.807, 2.05) is 0 Å². The predicted molar refractivity (Wildman–Crippen MR) is 55.2 cm³/mol. The molecule has 1 nitrogen and oxygen atoms in total. The van der Waals surface area contributed by atoms with Gasteiger partial charge in [0.15, 0.2) is 23.3 Å². The summed E-state index contributed by atoms with van der Waals surface area (Å²) in [5.41, 5.74) is -0.612. The van der Waals surface area contributed by atoms with E-state index >= 15 is 0 Å². The molecule has 1 radical (unpaired) electrons. The molecule has 0 saturated heterocycles. The average molecular weight is 255 g/mol. The van der Waals surface area contributed by atoms with Crippen LogP contribution in [-0.4, -0.2) is 0 Å². The van der Waals surface area contributed by atoms with Crippen molar-refractivity contribution in [1.29, 1.82) is 0 Å². The number of hydrogen-bond donors (Lipinski definition) is 0. The molecule has 18 heavy (non-hydrogen) atoms. The van der Waals surface area contributed by atoms with E-state index in [1.54, 1.807) is 0 Å². The zero-order valence-electron chi connectivity index (χ0n) is 8.96. The Bertz CT molecular complexity index is 583. The predicted octanol–water partition coefficient (Wildman–Crippen LogP) is 3.76. The Morgan fingerprint density at radius 2 is 1.56 bits per heavy atom. The van der Waals surface area contributed by atoms with E-state index in [0.717, 1.165) is 24.3 Å². The first-order chi connectivity index (χ1) is 8.50.